The molecule has 0 aromatic heterocycles. The van der Waals surface area contributed by atoms with E-state index in [0.29, 0.717) is 5.69 Å². The summed E-state index contributed by atoms with van der Waals surface area (Å²) in [6.45, 7) is 6.19. The van der Waals surface area contributed by atoms with Crippen LogP contribution in [0.1, 0.15) is 33.3 Å². The summed E-state index contributed by atoms with van der Waals surface area (Å²) >= 11 is 0. The van der Waals surface area contributed by atoms with Gasteiger partial charge in [0.25, 0.3) is 0 Å². The smallest absolute Gasteiger partial charge is 0.304 e. The summed E-state index contributed by atoms with van der Waals surface area (Å²) in [5, 5.41) is 2.82. The van der Waals surface area contributed by atoms with E-state index in [0.717, 1.165) is 8.61 Å². The third kappa shape index (κ3) is 7.01. The summed E-state index contributed by atoms with van der Waals surface area (Å²) in [5.74, 6) is -1.60. The fourth-order valence-corrected chi connectivity index (χ4v) is 4.23. The molecule has 0 unspecified atom stereocenters. The molecule has 2 rings (SSSR count). The molecule has 8 nitrogen and oxygen atoms in total. The summed E-state index contributed by atoms with van der Waals surface area (Å²) in [4.78, 5) is 27.6. The number of nitrogens with one attached hydrogen (secondary N) is 1. The lowest BCUT2D eigenvalue weighted by Gasteiger charge is -2.34. The fraction of sp³-hybridized carbons (Fsp3) is 0.417. The van der Waals surface area contributed by atoms with E-state index in [9.17, 15) is 22.4 Å². The Hall–Kier alpha value is -2.98. The van der Waals surface area contributed by atoms with Gasteiger partial charge in [0.05, 0.1) is 5.69 Å². The van der Waals surface area contributed by atoms with Gasteiger partial charge in [-0.2, -0.15) is 12.7 Å². The van der Waals surface area contributed by atoms with Gasteiger partial charge in [-0.05, 0) is 45.9 Å². The number of hydrogen-bond acceptors (Lipinski definition) is 4. The molecule has 186 valence electrons. The van der Waals surface area contributed by atoms with Crippen molar-refractivity contribution >= 4 is 27.7 Å². The molecule has 0 heterocycles. The van der Waals surface area contributed by atoms with Crippen LogP contribution in [0.15, 0.2) is 54.6 Å². The minimum Gasteiger partial charge on any atom is -0.350 e. The van der Waals surface area contributed by atoms with Crippen molar-refractivity contribution in [1.29, 1.82) is 0 Å². The minimum atomic E-state index is -4.03. The third-order valence-electron chi connectivity index (χ3n) is 5.03. The molecule has 0 saturated heterocycles. The van der Waals surface area contributed by atoms with Crippen LogP contribution in [0, 0.1) is 5.82 Å². The molecule has 10 heteroatoms. The highest BCUT2D eigenvalue weighted by Gasteiger charge is 2.33. The van der Waals surface area contributed by atoms with Gasteiger partial charge in [-0.3, -0.25) is 9.59 Å². The van der Waals surface area contributed by atoms with Crippen LogP contribution in [0.5, 0.6) is 0 Å². The van der Waals surface area contributed by atoms with E-state index in [1.165, 1.54) is 44.1 Å². The summed E-state index contributed by atoms with van der Waals surface area (Å²) in [6, 6.07) is 13.2. The van der Waals surface area contributed by atoms with Gasteiger partial charge in [0.2, 0.25) is 11.8 Å². The Balaban J connectivity index is 2.46. The van der Waals surface area contributed by atoms with Crippen molar-refractivity contribution in [2.75, 3.05) is 24.9 Å². The summed E-state index contributed by atoms with van der Waals surface area (Å²) in [5.41, 5.74) is -0.0438. The Labute approximate surface area is 201 Å². The monoisotopic (exact) mass is 492 g/mol. The van der Waals surface area contributed by atoms with Gasteiger partial charge in [-0.15, -0.1) is 0 Å². The first-order chi connectivity index (χ1) is 15.7. The maximum Gasteiger partial charge on any atom is 0.304 e. The number of amides is 2. The third-order valence-corrected chi connectivity index (χ3v) is 6.85. The van der Waals surface area contributed by atoms with Crippen molar-refractivity contribution in [2.24, 2.45) is 0 Å². The van der Waals surface area contributed by atoms with Gasteiger partial charge < -0.3 is 10.2 Å². The molecule has 0 aliphatic carbocycles. The fourth-order valence-electron chi connectivity index (χ4n) is 3.18. The van der Waals surface area contributed by atoms with Crippen LogP contribution in [0.4, 0.5) is 10.1 Å². The van der Waals surface area contributed by atoms with Crippen LogP contribution in [-0.2, 0) is 26.3 Å². The highest BCUT2D eigenvalue weighted by Crippen LogP contribution is 2.21. The van der Waals surface area contributed by atoms with Crippen molar-refractivity contribution < 1.29 is 22.4 Å². The lowest BCUT2D eigenvalue weighted by atomic mass is 10.1. The number of para-hydroxylation sites is 1. The van der Waals surface area contributed by atoms with Crippen LogP contribution in [0.3, 0.4) is 0 Å². The van der Waals surface area contributed by atoms with E-state index in [1.54, 1.807) is 57.2 Å². The van der Waals surface area contributed by atoms with E-state index in [2.05, 4.69) is 5.32 Å². The molecule has 0 bridgehead atoms. The first kappa shape index (κ1) is 27.3. The number of halogens is 1. The van der Waals surface area contributed by atoms with E-state index in [-0.39, 0.29) is 12.1 Å². The normalized spacial score (nSPS) is 12.8. The molecule has 0 radical (unpaired) electrons. The van der Waals surface area contributed by atoms with E-state index in [1.807, 2.05) is 0 Å². The van der Waals surface area contributed by atoms with E-state index >= 15 is 0 Å². The SMILES string of the molecule is C[C@@H](C(=O)NC(C)(C)C)N(Cc1ccccc1F)C(=O)CN(c1ccccc1)S(=O)(=O)N(C)C. The van der Waals surface area contributed by atoms with Gasteiger partial charge in [0.1, 0.15) is 18.4 Å². The van der Waals surface area contributed by atoms with Crippen molar-refractivity contribution in [2.45, 2.75) is 45.8 Å². The maximum atomic E-state index is 14.4. The first-order valence-corrected chi connectivity index (χ1v) is 12.2. The average Bonchev–Trinajstić information content (AvgIpc) is 2.75. The topological polar surface area (TPSA) is 90.0 Å². The number of benzene rings is 2. The quantitative estimate of drug-likeness (QED) is 0.583. The highest BCUT2D eigenvalue weighted by molar-refractivity contribution is 7.90. The molecule has 0 fully saturated rings. The molecular formula is C24H33FN4O4S. The van der Waals surface area contributed by atoms with Gasteiger partial charge in [0, 0.05) is 31.7 Å². The van der Waals surface area contributed by atoms with Crippen molar-refractivity contribution in [1.82, 2.24) is 14.5 Å². The van der Waals surface area contributed by atoms with Crippen LogP contribution in [-0.4, -0.2) is 61.7 Å². The summed E-state index contributed by atoms with van der Waals surface area (Å²) < 4.78 is 42.5. The van der Waals surface area contributed by atoms with Gasteiger partial charge in [-0.1, -0.05) is 36.4 Å². The molecule has 0 saturated carbocycles. The van der Waals surface area contributed by atoms with Gasteiger partial charge in [0.15, 0.2) is 0 Å². The summed E-state index contributed by atoms with van der Waals surface area (Å²) in [7, 11) is -1.30. The zero-order chi connectivity index (χ0) is 25.7. The number of anilines is 1. The second-order valence-corrected chi connectivity index (χ2v) is 11.2. The number of carbonyl (C=O) groups excluding carboxylic acids is 2. The summed E-state index contributed by atoms with van der Waals surface area (Å²) in [6.07, 6.45) is 0. The van der Waals surface area contributed by atoms with Crippen LogP contribution in [0.25, 0.3) is 0 Å². The highest BCUT2D eigenvalue weighted by atomic mass is 32.2. The second kappa shape index (κ2) is 11.0. The minimum absolute atomic E-state index is 0.200. The second-order valence-electron chi connectivity index (χ2n) is 9.16. The van der Waals surface area contributed by atoms with Crippen LogP contribution < -0.4 is 9.62 Å². The predicted octanol–water partition coefficient (Wildman–Crippen LogP) is 2.77. The number of carbonyl (C=O) groups is 2. The number of nitrogens with zero attached hydrogens (tertiary/aromatic N) is 3. The zero-order valence-electron chi connectivity index (χ0n) is 20.4. The number of rotatable bonds is 9. The van der Waals surface area contributed by atoms with Crippen LogP contribution in [0.2, 0.25) is 0 Å². The Morgan fingerprint density at radius 2 is 1.56 bits per heavy atom. The van der Waals surface area contributed by atoms with Crippen LogP contribution >= 0.6 is 0 Å². The zero-order valence-corrected chi connectivity index (χ0v) is 21.3. The molecule has 0 aliphatic rings. The molecular weight excluding hydrogens is 459 g/mol. The van der Waals surface area contributed by atoms with E-state index < -0.39 is 46.0 Å². The largest absolute Gasteiger partial charge is 0.350 e. The molecule has 1 atom stereocenters. The van der Waals surface area contributed by atoms with Crippen molar-refractivity contribution in [3.05, 3.63) is 66.0 Å². The van der Waals surface area contributed by atoms with Crippen molar-refractivity contribution in [3.63, 3.8) is 0 Å². The average molecular weight is 493 g/mol. The maximum absolute atomic E-state index is 14.4. The standard InChI is InChI=1S/C24H33FN4O4S/c1-18(23(31)26-24(2,3)4)28(16-19-12-10-11-15-21(19)25)22(30)17-29(34(32,33)27(5)6)20-13-8-7-9-14-20/h7-15,18H,16-17H2,1-6H3,(H,26,31)/t18-/m0/s1. The molecule has 1 N–H and O–H groups in total. The lowest BCUT2D eigenvalue weighted by Crippen LogP contribution is -2.55. The molecule has 2 amide bonds. The molecule has 34 heavy (non-hydrogen) atoms. The Bertz CT molecular complexity index is 1100. The predicted molar refractivity (Wildman–Crippen MR) is 131 cm³/mol. The molecule has 2 aromatic rings. The van der Waals surface area contributed by atoms with Gasteiger partial charge in [-0.25, -0.2) is 8.70 Å². The van der Waals surface area contributed by atoms with Gasteiger partial charge >= 0.3 is 10.2 Å². The first-order valence-electron chi connectivity index (χ1n) is 10.8. The number of hydrogen-bond donors (Lipinski definition) is 1. The van der Waals surface area contributed by atoms with Crippen molar-refractivity contribution in [3.8, 4) is 0 Å². The Morgan fingerprint density at radius 1 is 1.00 bits per heavy atom. The Morgan fingerprint density at radius 3 is 2.09 bits per heavy atom. The molecule has 0 spiro atoms. The molecule has 0 aliphatic heterocycles. The lowest BCUT2D eigenvalue weighted by molar-refractivity contribution is -0.140. The Kier molecular flexibility index (Phi) is 8.79. The van der Waals surface area contributed by atoms with E-state index in [4.69, 9.17) is 0 Å². The molecule has 2 aromatic carbocycles.